The Bertz CT molecular complexity index is 641. The topological polar surface area (TPSA) is 52.5 Å². The van der Waals surface area contributed by atoms with E-state index in [9.17, 15) is 23.4 Å². The molecule has 0 amide bonds. The number of nitrogens with one attached hydrogen (secondary N) is 1. The largest absolute Gasteiger partial charge is 0.508 e. The molecule has 0 radical (unpaired) electrons. The van der Waals surface area contributed by atoms with Crippen molar-refractivity contribution >= 4 is 5.69 Å². The molecule has 0 spiro atoms. The Morgan fingerprint density at radius 3 is 2.33 bits per heavy atom. The monoisotopic (exact) mass is 297 g/mol. The minimum atomic E-state index is -4.46. The summed E-state index contributed by atoms with van der Waals surface area (Å²) < 4.78 is 38.7. The molecular formula is C15H14F3NO2. The zero-order valence-electron chi connectivity index (χ0n) is 11.1. The van der Waals surface area contributed by atoms with E-state index < -0.39 is 17.8 Å². The highest BCUT2D eigenvalue weighted by Crippen LogP contribution is 2.37. The molecule has 0 saturated heterocycles. The Labute approximate surface area is 119 Å². The van der Waals surface area contributed by atoms with E-state index in [1.165, 1.54) is 30.3 Å². The molecule has 0 aliphatic heterocycles. The lowest BCUT2D eigenvalue weighted by Crippen LogP contribution is -2.13. The number of aromatic hydroxyl groups is 2. The van der Waals surface area contributed by atoms with Crippen molar-refractivity contribution in [1.29, 1.82) is 0 Å². The summed E-state index contributed by atoms with van der Waals surface area (Å²) in [5.41, 5.74) is -0.440. The molecular weight excluding hydrogens is 283 g/mol. The minimum absolute atomic E-state index is 0.0648. The number of phenolic OH excluding ortho intramolecular Hbond substituents is 2. The molecule has 0 bridgehead atoms. The van der Waals surface area contributed by atoms with Gasteiger partial charge in [0.15, 0.2) is 0 Å². The summed E-state index contributed by atoms with van der Waals surface area (Å²) >= 11 is 0. The van der Waals surface area contributed by atoms with E-state index in [4.69, 9.17) is 0 Å². The van der Waals surface area contributed by atoms with Crippen LogP contribution in [0.2, 0.25) is 0 Å². The van der Waals surface area contributed by atoms with Crippen LogP contribution in [0.15, 0.2) is 42.5 Å². The highest BCUT2D eigenvalue weighted by Gasteiger charge is 2.33. The van der Waals surface area contributed by atoms with Crippen molar-refractivity contribution in [2.75, 3.05) is 5.32 Å². The zero-order chi connectivity index (χ0) is 15.6. The number of rotatable bonds is 3. The number of hydrogen-bond donors (Lipinski definition) is 3. The second-order valence-electron chi connectivity index (χ2n) is 4.65. The number of alkyl halides is 3. The maximum atomic E-state index is 12.9. The standard InChI is InChI=1S/C15H14F3NO2/c1-9(11-7-6-10(20)8-14(11)21)19-13-5-3-2-4-12(13)15(16,17)18/h2-9,19-21H,1H3. The van der Waals surface area contributed by atoms with Gasteiger partial charge in [-0.3, -0.25) is 0 Å². The molecule has 1 unspecified atom stereocenters. The van der Waals surface area contributed by atoms with Crippen LogP contribution < -0.4 is 5.32 Å². The first-order chi connectivity index (χ1) is 9.79. The molecule has 0 aliphatic rings. The van der Waals surface area contributed by atoms with Gasteiger partial charge in [-0.1, -0.05) is 12.1 Å². The summed E-state index contributed by atoms with van der Waals surface area (Å²) in [5.74, 6) is -0.293. The minimum Gasteiger partial charge on any atom is -0.508 e. The van der Waals surface area contributed by atoms with Gasteiger partial charge >= 0.3 is 6.18 Å². The first-order valence-corrected chi connectivity index (χ1v) is 6.23. The van der Waals surface area contributed by atoms with Crippen molar-refractivity contribution < 1.29 is 23.4 Å². The predicted molar refractivity (Wildman–Crippen MR) is 73.3 cm³/mol. The van der Waals surface area contributed by atoms with Gasteiger partial charge in [0, 0.05) is 17.3 Å². The van der Waals surface area contributed by atoms with Gasteiger partial charge in [-0.2, -0.15) is 13.2 Å². The second-order valence-corrected chi connectivity index (χ2v) is 4.65. The average molecular weight is 297 g/mol. The molecule has 0 fully saturated rings. The second kappa shape index (κ2) is 5.55. The van der Waals surface area contributed by atoms with Crippen molar-refractivity contribution in [3.8, 4) is 11.5 Å². The Morgan fingerprint density at radius 1 is 1.05 bits per heavy atom. The average Bonchev–Trinajstić information content (AvgIpc) is 2.37. The van der Waals surface area contributed by atoms with Crippen molar-refractivity contribution in [2.45, 2.75) is 19.1 Å². The Morgan fingerprint density at radius 2 is 1.71 bits per heavy atom. The third-order valence-corrected chi connectivity index (χ3v) is 3.09. The molecule has 6 heteroatoms. The fourth-order valence-corrected chi connectivity index (χ4v) is 2.07. The fourth-order valence-electron chi connectivity index (χ4n) is 2.07. The normalized spacial score (nSPS) is 13.0. The van der Waals surface area contributed by atoms with Crippen molar-refractivity contribution in [3.05, 3.63) is 53.6 Å². The maximum absolute atomic E-state index is 12.9. The summed E-state index contributed by atoms with van der Waals surface area (Å²) in [6.07, 6.45) is -4.46. The summed E-state index contributed by atoms with van der Waals surface area (Å²) in [6, 6.07) is 8.54. The summed E-state index contributed by atoms with van der Waals surface area (Å²) in [6.45, 7) is 1.62. The maximum Gasteiger partial charge on any atom is 0.418 e. The third-order valence-electron chi connectivity index (χ3n) is 3.09. The molecule has 0 aliphatic carbocycles. The quantitative estimate of drug-likeness (QED) is 0.792. The van der Waals surface area contributed by atoms with Crippen LogP contribution in [0.1, 0.15) is 24.1 Å². The van der Waals surface area contributed by atoms with E-state index in [1.807, 2.05) is 0 Å². The molecule has 0 aromatic heterocycles. The van der Waals surface area contributed by atoms with Crippen LogP contribution in [0.25, 0.3) is 0 Å². The van der Waals surface area contributed by atoms with Gasteiger partial charge in [-0.15, -0.1) is 0 Å². The van der Waals surface area contributed by atoms with E-state index in [-0.39, 0.29) is 17.2 Å². The molecule has 2 aromatic carbocycles. The van der Waals surface area contributed by atoms with Gasteiger partial charge in [0.05, 0.1) is 11.6 Å². The predicted octanol–water partition coefficient (Wildman–Crippen LogP) is 4.29. The van der Waals surface area contributed by atoms with Gasteiger partial charge in [0.1, 0.15) is 11.5 Å². The number of benzene rings is 2. The number of anilines is 1. The lowest BCUT2D eigenvalue weighted by Gasteiger charge is -2.20. The van der Waals surface area contributed by atoms with Crippen LogP contribution >= 0.6 is 0 Å². The van der Waals surface area contributed by atoms with Crippen LogP contribution in [-0.4, -0.2) is 10.2 Å². The van der Waals surface area contributed by atoms with Gasteiger partial charge in [-0.05, 0) is 31.2 Å². The van der Waals surface area contributed by atoms with E-state index in [1.54, 1.807) is 6.92 Å². The third kappa shape index (κ3) is 3.39. The molecule has 112 valence electrons. The zero-order valence-corrected chi connectivity index (χ0v) is 11.1. The molecule has 2 rings (SSSR count). The molecule has 0 heterocycles. The van der Waals surface area contributed by atoms with Crippen LogP contribution in [0.5, 0.6) is 11.5 Å². The van der Waals surface area contributed by atoms with E-state index in [0.717, 1.165) is 12.1 Å². The molecule has 3 nitrogen and oxygen atoms in total. The van der Waals surface area contributed by atoms with Crippen LogP contribution in [0, 0.1) is 0 Å². The summed E-state index contributed by atoms with van der Waals surface area (Å²) in [7, 11) is 0. The van der Waals surface area contributed by atoms with E-state index in [2.05, 4.69) is 5.32 Å². The SMILES string of the molecule is CC(Nc1ccccc1C(F)(F)F)c1ccc(O)cc1O. The Hall–Kier alpha value is -2.37. The Kier molecular flexibility index (Phi) is 3.97. The van der Waals surface area contributed by atoms with Gasteiger partial charge in [-0.25, -0.2) is 0 Å². The summed E-state index contributed by atoms with van der Waals surface area (Å²) in [5, 5.41) is 21.7. The molecule has 3 N–H and O–H groups in total. The van der Waals surface area contributed by atoms with Crippen molar-refractivity contribution in [3.63, 3.8) is 0 Å². The molecule has 1 atom stereocenters. The summed E-state index contributed by atoms with van der Waals surface area (Å²) in [4.78, 5) is 0. The first-order valence-electron chi connectivity index (χ1n) is 6.23. The molecule has 2 aromatic rings. The number of hydrogen-bond acceptors (Lipinski definition) is 3. The van der Waals surface area contributed by atoms with Gasteiger partial charge in [0.25, 0.3) is 0 Å². The first kappa shape index (κ1) is 15.0. The highest BCUT2D eigenvalue weighted by molar-refractivity contribution is 5.55. The van der Waals surface area contributed by atoms with Gasteiger partial charge < -0.3 is 15.5 Å². The van der Waals surface area contributed by atoms with Crippen LogP contribution in [0.3, 0.4) is 0 Å². The van der Waals surface area contributed by atoms with Crippen molar-refractivity contribution in [2.24, 2.45) is 0 Å². The number of halogens is 3. The number of phenols is 2. The van der Waals surface area contributed by atoms with Gasteiger partial charge in [0.2, 0.25) is 0 Å². The number of para-hydroxylation sites is 1. The lowest BCUT2D eigenvalue weighted by atomic mass is 10.1. The molecule has 21 heavy (non-hydrogen) atoms. The van der Waals surface area contributed by atoms with Crippen molar-refractivity contribution in [1.82, 2.24) is 0 Å². The van der Waals surface area contributed by atoms with Crippen LogP contribution in [-0.2, 0) is 6.18 Å². The lowest BCUT2D eigenvalue weighted by molar-refractivity contribution is -0.137. The van der Waals surface area contributed by atoms with E-state index >= 15 is 0 Å². The Balaban J connectivity index is 2.30. The van der Waals surface area contributed by atoms with Crippen LogP contribution in [0.4, 0.5) is 18.9 Å². The smallest absolute Gasteiger partial charge is 0.418 e. The molecule has 0 saturated carbocycles. The highest BCUT2D eigenvalue weighted by atomic mass is 19.4. The van der Waals surface area contributed by atoms with E-state index in [0.29, 0.717) is 5.56 Å². The fraction of sp³-hybridized carbons (Fsp3) is 0.200.